The molecular formula is C11H11FN2O3. The van der Waals surface area contributed by atoms with Gasteiger partial charge in [0.2, 0.25) is 11.9 Å². The summed E-state index contributed by atoms with van der Waals surface area (Å²) in [6, 6.07) is 3.89. The topological polar surface area (TPSA) is 72.2 Å². The van der Waals surface area contributed by atoms with Crippen molar-refractivity contribution in [3.05, 3.63) is 45.8 Å². The van der Waals surface area contributed by atoms with E-state index >= 15 is 0 Å². The molecule has 1 aliphatic rings. The maximum absolute atomic E-state index is 13.1. The van der Waals surface area contributed by atoms with Gasteiger partial charge in [0.25, 0.3) is 0 Å². The monoisotopic (exact) mass is 238 g/mol. The lowest BCUT2D eigenvalue weighted by Crippen LogP contribution is -2.45. The first-order chi connectivity index (χ1) is 8.08. The fourth-order valence-electron chi connectivity index (χ4n) is 2.02. The van der Waals surface area contributed by atoms with Crippen LogP contribution in [0.15, 0.2) is 24.3 Å². The van der Waals surface area contributed by atoms with Crippen LogP contribution in [0.4, 0.5) is 4.39 Å². The SMILES string of the molecule is O=C1CCC([N+](=O)[O-])C(c2cccc(F)c2)N1. The highest BCUT2D eigenvalue weighted by molar-refractivity contribution is 5.77. The first kappa shape index (κ1) is 11.5. The molecule has 0 saturated carbocycles. The third kappa shape index (κ3) is 2.41. The van der Waals surface area contributed by atoms with Gasteiger partial charge in [-0.1, -0.05) is 12.1 Å². The van der Waals surface area contributed by atoms with E-state index in [2.05, 4.69) is 5.32 Å². The number of hydrogen-bond donors (Lipinski definition) is 1. The van der Waals surface area contributed by atoms with Crippen molar-refractivity contribution in [3.63, 3.8) is 0 Å². The Bertz CT molecular complexity index is 464. The van der Waals surface area contributed by atoms with Gasteiger partial charge in [-0.25, -0.2) is 4.39 Å². The molecule has 0 aliphatic carbocycles. The highest BCUT2D eigenvalue weighted by Crippen LogP contribution is 2.26. The lowest BCUT2D eigenvalue weighted by Gasteiger charge is -2.26. The zero-order valence-corrected chi connectivity index (χ0v) is 8.93. The van der Waals surface area contributed by atoms with Crippen molar-refractivity contribution in [1.82, 2.24) is 5.32 Å². The number of nitrogens with zero attached hydrogens (tertiary/aromatic N) is 1. The molecule has 1 N–H and O–H groups in total. The van der Waals surface area contributed by atoms with Crippen molar-refractivity contribution in [2.45, 2.75) is 24.9 Å². The molecule has 1 fully saturated rings. The van der Waals surface area contributed by atoms with Gasteiger partial charge in [-0.3, -0.25) is 14.9 Å². The summed E-state index contributed by atoms with van der Waals surface area (Å²) in [7, 11) is 0. The first-order valence-electron chi connectivity index (χ1n) is 5.26. The second-order valence-electron chi connectivity index (χ2n) is 3.99. The van der Waals surface area contributed by atoms with Crippen LogP contribution in [-0.2, 0) is 4.79 Å². The van der Waals surface area contributed by atoms with E-state index in [1.54, 1.807) is 6.07 Å². The van der Waals surface area contributed by atoms with Crippen molar-refractivity contribution >= 4 is 5.91 Å². The molecule has 0 radical (unpaired) electrons. The Labute approximate surface area is 96.8 Å². The molecule has 1 aromatic carbocycles. The van der Waals surface area contributed by atoms with Crippen molar-refractivity contribution < 1.29 is 14.1 Å². The minimum Gasteiger partial charge on any atom is -0.343 e. The van der Waals surface area contributed by atoms with Crippen LogP contribution in [-0.4, -0.2) is 16.9 Å². The average Bonchev–Trinajstić information content (AvgIpc) is 2.28. The fourth-order valence-corrected chi connectivity index (χ4v) is 2.02. The summed E-state index contributed by atoms with van der Waals surface area (Å²) in [6.07, 6.45) is 0.317. The number of halogens is 1. The Hall–Kier alpha value is -1.98. The van der Waals surface area contributed by atoms with Crippen LogP contribution < -0.4 is 5.32 Å². The summed E-state index contributed by atoms with van der Waals surface area (Å²) in [5, 5.41) is 13.4. The summed E-state index contributed by atoms with van der Waals surface area (Å²) in [5.41, 5.74) is 0.430. The van der Waals surface area contributed by atoms with Crippen LogP contribution in [0.1, 0.15) is 24.4 Å². The van der Waals surface area contributed by atoms with Crippen LogP contribution in [0.2, 0.25) is 0 Å². The minimum atomic E-state index is -0.894. The lowest BCUT2D eigenvalue weighted by atomic mass is 9.92. The summed E-state index contributed by atoms with van der Waals surface area (Å²) < 4.78 is 13.1. The van der Waals surface area contributed by atoms with Crippen LogP contribution >= 0.6 is 0 Å². The van der Waals surface area contributed by atoms with E-state index in [0.29, 0.717) is 5.56 Å². The highest BCUT2D eigenvalue weighted by Gasteiger charge is 2.38. The molecule has 0 bridgehead atoms. The van der Waals surface area contributed by atoms with E-state index in [1.807, 2.05) is 0 Å². The number of carbonyl (C=O) groups is 1. The molecule has 2 unspecified atom stereocenters. The van der Waals surface area contributed by atoms with Crippen molar-refractivity contribution in [3.8, 4) is 0 Å². The van der Waals surface area contributed by atoms with E-state index in [4.69, 9.17) is 0 Å². The zero-order valence-electron chi connectivity index (χ0n) is 8.93. The minimum absolute atomic E-state index is 0.136. The zero-order chi connectivity index (χ0) is 12.4. The van der Waals surface area contributed by atoms with Crippen LogP contribution in [0, 0.1) is 15.9 Å². The summed E-state index contributed by atoms with van der Waals surface area (Å²) in [6.45, 7) is 0. The van der Waals surface area contributed by atoms with Gasteiger partial charge in [0, 0.05) is 17.8 Å². The van der Waals surface area contributed by atoms with Gasteiger partial charge < -0.3 is 5.32 Å². The molecule has 17 heavy (non-hydrogen) atoms. The smallest absolute Gasteiger partial charge is 0.237 e. The molecule has 1 amide bonds. The summed E-state index contributed by atoms with van der Waals surface area (Å²) in [4.78, 5) is 21.7. The Kier molecular flexibility index (Phi) is 3.03. The van der Waals surface area contributed by atoms with Gasteiger partial charge in [-0.2, -0.15) is 0 Å². The van der Waals surface area contributed by atoms with E-state index < -0.39 is 22.8 Å². The number of piperidine rings is 1. The Morgan fingerprint density at radius 1 is 1.47 bits per heavy atom. The fraction of sp³-hybridized carbons (Fsp3) is 0.364. The number of rotatable bonds is 2. The van der Waals surface area contributed by atoms with Gasteiger partial charge in [0.15, 0.2) is 0 Å². The Balaban J connectivity index is 2.32. The predicted molar refractivity (Wildman–Crippen MR) is 57.3 cm³/mol. The molecule has 5 nitrogen and oxygen atoms in total. The van der Waals surface area contributed by atoms with Crippen LogP contribution in [0.3, 0.4) is 0 Å². The third-order valence-corrected chi connectivity index (χ3v) is 2.85. The van der Waals surface area contributed by atoms with Crippen molar-refractivity contribution in [1.29, 1.82) is 0 Å². The number of nitrogens with one attached hydrogen (secondary N) is 1. The van der Waals surface area contributed by atoms with E-state index in [-0.39, 0.29) is 18.7 Å². The van der Waals surface area contributed by atoms with Gasteiger partial charge in [0.1, 0.15) is 11.9 Å². The molecule has 1 aliphatic heterocycles. The molecule has 1 saturated heterocycles. The quantitative estimate of drug-likeness (QED) is 0.625. The van der Waals surface area contributed by atoms with Crippen LogP contribution in [0.25, 0.3) is 0 Å². The molecule has 0 spiro atoms. The summed E-state index contributed by atoms with van der Waals surface area (Å²) >= 11 is 0. The molecule has 90 valence electrons. The maximum Gasteiger partial charge on any atom is 0.237 e. The number of benzene rings is 1. The van der Waals surface area contributed by atoms with Gasteiger partial charge in [0.05, 0.1) is 0 Å². The van der Waals surface area contributed by atoms with Crippen molar-refractivity contribution in [2.75, 3.05) is 0 Å². The molecule has 1 heterocycles. The van der Waals surface area contributed by atoms with Crippen LogP contribution in [0.5, 0.6) is 0 Å². The van der Waals surface area contributed by atoms with E-state index in [9.17, 15) is 19.3 Å². The second-order valence-corrected chi connectivity index (χ2v) is 3.99. The molecule has 1 aromatic rings. The maximum atomic E-state index is 13.1. The van der Waals surface area contributed by atoms with Gasteiger partial charge >= 0.3 is 0 Å². The van der Waals surface area contributed by atoms with Gasteiger partial charge in [-0.15, -0.1) is 0 Å². The Morgan fingerprint density at radius 3 is 2.88 bits per heavy atom. The summed E-state index contributed by atoms with van der Waals surface area (Å²) in [5.74, 6) is -0.707. The number of carbonyl (C=O) groups excluding carboxylic acids is 1. The highest BCUT2D eigenvalue weighted by atomic mass is 19.1. The first-order valence-corrected chi connectivity index (χ1v) is 5.26. The van der Waals surface area contributed by atoms with E-state index in [1.165, 1.54) is 18.2 Å². The number of nitro groups is 1. The standard InChI is InChI=1S/C11H11FN2O3/c12-8-3-1-2-7(6-8)11-9(14(16)17)4-5-10(15)13-11/h1-3,6,9,11H,4-5H2,(H,13,15). The average molecular weight is 238 g/mol. The molecular weight excluding hydrogens is 227 g/mol. The lowest BCUT2D eigenvalue weighted by molar-refractivity contribution is -0.529. The molecule has 2 atom stereocenters. The number of amides is 1. The third-order valence-electron chi connectivity index (χ3n) is 2.85. The largest absolute Gasteiger partial charge is 0.343 e. The van der Waals surface area contributed by atoms with E-state index in [0.717, 1.165) is 0 Å². The number of hydrogen-bond acceptors (Lipinski definition) is 3. The predicted octanol–water partition coefficient (Wildman–Crippen LogP) is 1.42. The van der Waals surface area contributed by atoms with Crippen molar-refractivity contribution in [2.24, 2.45) is 0 Å². The second kappa shape index (κ2) is 4.48. The normalized spacial score (nSPS) is 24.2. The molecule has 0 aromatic heterocycles. The Morgan fingerprint density at radius 2 is 2.24 bits per heavy atom. The molecule has 6 heteroatoms. The molecule has 2 rings (SSSR count). The van der Waals surface area contributed by atoms with Gasteiger partial charge in [-0.05, 0) is 17.7 Å².